The van der Waals surface area contributed by atoms with E-state index in [2.05, 4.69) is 0 Å². The van der Waals surface area contributed by atoms with Crippen molar-refractivity contribution in [1.29, 1.82) is 0 Å². The van der Waals surface area contributed by atoms with Gasteiger partial charge in [-0.25, -0.2) is 0 Å². The molecule has 2 aromatic heterocycles. The summed E-state index contributed by atoms with van der Waals surface area (Å²) in [7, 11) is 0. The molecular formula is C10H11N3+2. The fourth-order valence-corrected chi connectivity index (χ4v) is 1.19. The van der Waals surface area contributed by atoms with Gasteiger partial charge in [0.1, 0.15) is 0 Å². The molecule has 0 aliphatic carbocycles. The van der Waals surface area contributed by atoms with E-state index in [0.29, 0.717) is 5.82 Å². The summed E-state index contributed by atoms with van der Waals surface area (Å²) in [6.07, 6.45) is 5.79. The van der Waals surface area contributed by atoms with Gasteiger partial charge in [-0.15, -0.1) is 0 Å². The largest absolute Gasteiger partial charge is 0.333 e. The second-order valence-electron chi connectivity index (χ2n) is 2.73. The molecule has 0 saturated heterocycles. The SMILES string of the molecule is Nc1cccc[n+]1-[n+]1ccccc1. The molecule has 0 unspecified atom stereocenters. The third-order valence-corrected chi connectivity index (χ3v) is 1.82. The summed E-state index contributed by atoms with van der Waals surface area (Å²) in [5.74, 6) is 0.707. The lowest BCUT2D eigenvalue weighted by molar-refractivity contribution is -1.29. The molecule has 0 aliphatic rings. The van der Waals surface area contributed by atoms with E-state index in [1.54, 1.807) is 0 Å². The first-order chi connectivity index (χ1) is 6.38. The first-order valence-corrected chi connectivity index (χ1v) is 4.11. The summed E-state index contributed by atoms with van der Waals surface area (Å²) < 4.78 is 3.77. The maximum Gasteiger partial charge on any atom is 0.333 e. The smallest absolute Gasteiger partial charge is 0.282 e. The molecule has 2 rings (SSSR count). The van der Waals surface area contributed by atoms with Crippen molar-refractivity contribution in [3.05, 3.63) is 55.0 Å². The number of rotatable bonds is 1. The summed E-state index contributed by atoms with van der Waals surface area (Å²) in [6.45, 7) is 0. The summed E-state index contributed by atoms with van der Waals surface area (Å²) in [5, 5.41) is 0. The van der Waals surface area contributed by atoms with Gasteiger partial charge in [-0.05, 0) is 10.7 Å². The van der Waals surface area contributed by atoms with Crippen LogP contribution in [0.1, 0.15) is 0 Å². The highest BCUT2D eigenvalue weighted by Gasteiger charge is 2.10. The van der Waals surface area contributed by atoms with Crippen molar-refractivity contribution in [3.63, 3.8) is 0 Å². The molecule has 3 heteroatoms. The van der Waals surface area contributed by atoms with Gasteiger partial charge in [-0.3, -0.25) is 5.73 Å². The molecule has 0 atom stereocenters. The number of hydrogen-bond donors (Lipinski definition) is 1. The summed E-state index contributed by atoms with van der Waals surface area (Å²) in [5.41, 5.74) is 5.79. The first kappa shape index (κ1) is 7.73. The van der Waals surface area contributed by atoms with E-state index >= 15 is 0 Å². The van der Waals surface area contributed by atoms with Crippen LogP contribution in [-0.2, 0) is 0 Å². The first-order valence-electron chi connectivity index (χ1n) is 4.11. The Kier molecular flexibility index (Phi) is 1.92. The Bertz CT molecular complexity index is 398. The molecule has 2 heterocycles. The molecule has 0 aliphatic heterocycles. The highest BCUT2D eigenvalue weighted by Crippen LogP contribution is 1.87. The van der Waals surface area contributed by atoms with Crippen molar-refractivity contribution in [2.45, 2.75) is 0 Å². The quantitative estimate of drug-likeness (QED) is 0.612. The molecular weight excluding hydrogens is 162 g/mol. The van der Waals surface area contributed by atoms with Gasteiger partial charge in [-0.1, -0.05) is 12.1 Å². The van der Waals surface area contributed by atoms with Crippen LogP contribution < -0.4 is 15.1 Å². The van der Waals surface area contributed by atoms with Crippen LogP contribution in [0, 0.1) is 0 Å². The van der Waals surface area contributed by atoms with Gasteiger partial charge in [0.15, 0.2) is 6.20 Å². The third-order valence-electron chi connectivity index (χ3n) is 1.82. The van der Waals surface area contributed by atoms with Gasteiger partial charge in [0.05, 0.1) is 0 Å². The summed E-state index contributed by atoms with van der Waals surface area (Å²) in [6, 6.07) is 11.6. The third kappa shape index (κ3) is 1.49. The Balaban J connectivity index is 2.54. The minimum Gasteiger partial charge on any atom is -0.282 e. The normalized spacial score (nSPS) is 9.85. The Morgan fingerprint density at radius 1 is 0.846 bits per heavy atom. The molecule has 2 aromatic rings. The average Bonchev–Trinajstić information content (AvgIpc) is 2.20. The zero-order valence-electron chi connectivity index (χ0n) is 7.17. The molecule has 0 aromatic carbocycles. The van der Waals surface area contributed by atoms with E-state index < -0.39 is 0 Å². The van der Waals surface area contributed by atoms with Crippen molar-refractivity contribution in [2.75, 3.05) is 5.73 Å². The highest BCUT2D eigenvalue weighted by atomic mass is 15.5. The van der Waals surface area contributed by atoms with E-state index in [1.807, 2.05) is 64.3 Å². The molecule has 0 saturated carbocycles. The van der Waals surface area contributed by atoms with Gasteiger partial charge in [0.25, 0.3) is 0 Å². The summed E-state index contributed by atoms with van der Waals surface area (Å²) >= 11 is 0. The maximum absolute atomic E-state index is 5.79. The molecule has 0 bridgehead atoms. The van der Waals surface area contributed by atoms with E-state index in [9.17, 15) is 0 Å². The standard InChI is InChI=1S/C10H11N3/c11-10-6-2-5-9-13(10)12-7-3-1-4-8-12/h1-9H,11H2/q+2. The monoisotopic (exact) mass is 173 g/mol. The Labute approximate surface area is 76.7 Å². The number of hydrogen-bond acceptors (Lipinski definition) is 1. The van der Waals surface area contributed by atoms with Crippen LogP contribution >= 0.6 is 0 Å². The fraction of sp³-hybridized carbons (Fsp3) is 0. The van der Waals surface area contributed by atoms with Gasteiger partial charge >= 0.3 is 5.82 Å². The van der Waals surface area contributed by atoms with Crippen LogP contribution in [0.3, 0.4) is 0 Å². The van der Waals surface area contributed by atoms with Crippen LogP contribution in [0.15, 0.2) is 55.0 Å². The molecule has 3 nitrogen and oxygen atoms in total. The molecule has 13 heavy (non-hydrogen) atoms. The van der Waals surface area contributed by atoms with E-state index in [-0.39, 0.29) is 0 Å². The van der Waals surface area contributed by atoms with Crippen LogP contribution in [0.2, 0.25) is 0 Å². The molecule has 64 valence electrons. The Hall–Kier alpha value is -1.90. The average molecular weight is 173 g/mol. The fourth-order valence-electron chi connectivity index (χ4n) is 1.19. The lowest BCUT2D eigenvalue weighted by Crippen LogP contribution is -2.66. The number of nitrogens with zero attached hydrogens (tertiary/aromatic N) is 2. The van der Waals surface area contributed by atoms with Crippen molar-refractivity contribution in [2.24, 2.45) is 0 Å². The number of anilines is 1. The van der Waals surface area contributed by atoms with Gasteiger partial charge in [0.2, 0.25) is 12.4 Å². The second-order valence-corrected chi connectivity index (χ2v) is 2.73. The van der Waals surface area contributed by atoms with E-state index in [4.69, 9.17) is 5.73 Å². The van der Waals surface area contributed by atoms with Gasteiger partial charge < -0.3 is 0 Å². The predicted molar refractivity (Wildman–Crippen MR) is 48.5 cm³/mol. The minimum absolute atomic E-state index is 0.707. The Morgan fingerprint density at radius 2 is 1.54 bits per heavy atom. The molecule has 2 N–H and O–H groups in total. The van der Waals surface area contributed by atoms with Gasteiger partial charge in [0, 0.05) is 22.9 Å². The maximum atomic E-state index is 5.79. The van der Waals surface area contributed by atoms with Crippen molar-refractivity contribution >= 4 is 5.82 Å². The van der Waals surface area contributed by atoms with E-state index in [0.717, 1.165) is 0 Å². The zero-order valence-corrected chi connectivity index (χ0v) is 7.17. The zero-order chi connectivity index (χ0) is 9.10. The van der Waals surface area contributed by atoms with E-state index in [1.165, 1.54) is 0 Å². The summed E-state index contributed by atoms with van der Waals surface area (Å²) in [4.78, 5) is 0. The van der Waals surface area contributed by atoms with Crippen LogP contribution in [-0.4, -0.2) is 0 Å². The minimum atomic E-state index is 0.707. The van der Waals surface area contributed by atoms with Crippen LogP contribution in [0.5, 0.6) is 0 Å². The lowest BCUT2D eigenvalue weighted by atomic mass is 10.4. The van der Waals surface area contributed by atoms with Gasteiger partial charge in [-0.2, -0.15) is 0 Å². The van der Waals surface area contributed by atoms with Crippen molar-refractivity contribution < 1.29 is 9.35 Å². The molecule has 0 amide bonds. The van der Waals surface area contributed by atoms with Crippen LogP contribution in [0.4, 0.5) is 5.82 Å². The highest BCUT2D eigenvalue weighted by molar-refractivity contribution is 5.18. The lowest BCUT2D eigenvalue weighted by Gasteiger charge is -1.93. The van der Waals surface area contributed by atoms with Crippen molar-refractivity contribution in [1.82, 2.24) is 0 Å². The number of nitrogens with two attached hydrogens (primary N) is 1. The molecule has 0 radical (unpaired) electrons. The predicted octanol–water partition coefficient (Wildman–Crippen LogP) is 0.155. The molecule has 0 fully saturated rings. The van der Waals surface area contributed by atoms with Crippen LogP contribution in [0.25, 0.3) is 0 Å². The number of nitrogen functional groups attached to an aromatic ring is 1. The Morgan fingerprint density at radius 3 is 2.23 bits per heavy atom. The number of aromatic nitrogens is 2. The van der Waals surface area contributed by atoms with Crippen molar-refractivity contribution in [3.8, 4) is 0 Å². The topological polar surface area (TPSA) is 33.8 Å². The molecule has 0 spiro atoms. The second kappa shape index (κ2) is 3.23. The number of pyridine rings is 2.